The molecule has 0 amide bonds. The SMILES string of the molecule is CC(C)N1CC(C(O)C2=CC(=O)CC2)C[C@@H]2c3cccc4[nH]cc(c34)C[C@H]21. The van der Waals surface area contributed by atoms with Crippen molar-refractivity contribution in [2.75, 3.05) is 6.54 Å². The van der Waals surface area contributed by atoms with Crippen LogP contribution in [0.3, 0.4) is 0 Å². The molecule has 4 heteroatoms. The number of H-pyrrole nitrogens is 1. The molecule has 0 spiro atoms. The Morgan fingerprint density at radius 1 is 1.26 bits per heavy atom. The zero-order valence-corrected chi connectivity index (χ0v) is 16.1. The molecule has 1 fully saturated rings. The summed E-state index contributed by atoms with van der Waals surface area (Å²) in [6, 6.07) is 7.51. The van der Waals surface area contributed by atoms with Gasteiger partial charge in [0.05, 0.1) is 6.10 Å². The third-order valence-corrected chi connectivity index (χ3v) is 7.04. The summed E-state index contributed by atoms with van der Waals surface area (Å²) in [5.74, 6) is 0.782. The molecule has 27 heavy (non-hydrogen) atoms. The Bertz CT molecular complexity index is 926. The average Bonchev–Trinajstić information content (AvgIpc) is 3.28. The Morgan fingerprint density at radius 2 is 2.11 bits per heavy atom. The minimum absolute atomic E-state index is 0.165. The van der Waals surface area contributed by atoms with E-state index in [1.807, 2.05) is 0 Å². The lowest BCUT2D eigenvalue weighted by molar-refractivity contribution is -0.114. The highest BCUT2D eigenvalue weighted by Gasteiger charge is 2.44. The van der Waals surface area contributed by atoms with Crippen LogP contribution in [0.1, 0.15) is 50.2 Å². The Morgan fingerprint density at radius 3 is 2.85 bits per heavy atom. The number of aliphatic hydroxyl groups is 1. The fraction of sp³-hybridized carbons (Fsp3) is 0.522. The maximum atomic E-state index is 11.7. The summed E-state index contributed by atoms with van der Waals surface area (Å²) in [5.41, 5.74) is 5.03. The van der Waals surface area contributed by atoms with E-state index < -0.39 is 6.10 Å². The summed E-state index contributed by atoms with van der Waals surface area (Å²) in [6.07, 6.45) is 6.73. The Kier molecular flexibility index (Phi) is 4.03. The summed E-state index contributed by atoms with van der Waals surface area (Å²) in [6.45, 7) is 5.43. The molecule has 1 aromatic carbocycles. The molecule has 1 aromatic heterocycles. The second kappa shape index (κ2) is 6.32. The zero-order chi connectivity index (χ0) is 18.7. The van der Waals surface area contributed by atoms with Gasteiger partial charge >= 0.3 is 0 Å². The van der Waals surface area contributed by atoms with Crippen LogP contribution in [0.15, 0.2) is 36.0 Å². The second-order valence-corrected chi connectivity index (χ2v) is 8.88. The molecule has 4 nitrogen and oxygen atoms in total. The number of fused-ring (bicyclic) bond motifs is 2. The summed E-state index contributed by atoms with van der Waals surface area (Å²) in [7, 11) is 0. The number of likely N-dealkylation sites (tertiary alicyclic amines) is 1. The number of nitrogens with zero attached hydrogens (tertiary/aromatic N) is 1. The molecule has 2 aromatic rings. The molecule has 5 rings (SSSR count). The molecular formula is C23H28N2O2. The lowest BCUT2D eigenvalue weighted by atomic mass is 9.70. The number of aliphatic hydroxyl groups excluding tert-OH is 1. The number of nitrogens with one attached hydrogen (secondary N) is 1. The number of piperidine rings is 1. The predicted octanol–water partition coefficient (Wildman–Crippen LogP) is 3.56. The van der Waals surface area contributed by atoms with Crippen molar-refractivity contribution in [2.45, 2.75) is 63.6 Å². The van der Waals surface area contributed by atoms with Crippen molar-refractivity contribution in [3.8, 4) is 0 Å². The molecule has 0 radical (unpaired) electrons. The van der Waals surface area contributed by atoms with E-state index in [1.54, 1.807) is 6.08 Å². The van der Waals surface area contributed by atoms with Crippen molar-refractivity contribution in [3.05, 3.63) is 47.2 Å². The fourth-order valence-corrected chi connectivity index (χ4v) is 5.75. The highest BCUT2D eigenvalue weighted by molar-refractivity contribution is 5.93. The summed E-state index contributed by atoms with van der Waals surface area (Å²) >= 11 is 0. The van der Waals surface area contributed by atoms with E-state index in [1.165, 1.54) is 22.0 Å². The van der Waals surface area contributed by atoms with Crippen molar-refractivity contribution in [2.24, 2.45) is 5.92 Å². The average molecular weight is 364 g/mol. The molecule has 2 heterocycles. The van der Waals surface area contributed by atoms with Gasteiger partial charge in [-0.25, -0.2) is 0 Å². The normalized spacial score (nSPS) is 29.3. The molecule has 2 aliphatic carbocycles. The van der Waals surface area contributed by atoms with Crippen LogP contribution in [-0.4, -0.2) is 45.5 Å². The number of hydrogen-bond acceptors (Lipinski definition) is 3. The number of hydrogen-bond donors (Lipinski definition) is 2. The van der Waals surface area contributed by atoms with E-state index in [9.17, 15) is 9.90 Å². The van der Waals surface area contributed by atoms with E-state index in [0.717, 1.165) is 31.4 Å². The highest BCUT2D eigenvalue weighted by Crippen LogP contribution is 2.46. The van der Waals surface area contributed by atoms with Crippen LogP contribution in [-0.2, 0) is 11.2 Å². The molecule has 1 saturated heterocycles. The number of carbonyl (C=O) groups excluding carboxylic acids is 1. The molecule has 0 saturated carbocycles. The van der Waals surface area contributed by atoms with E-state index in [-0.39, 0.29) is 11.7 Å². The summed E-state index contributed by atoms with van der Waals surface area (Å²) in [4.78, 5) is 17.7. The number of aromatic nitrogens is 1. The predicted molar refractivity (Wildman–Crippen MR) is 107 cm³/mol. The second-order valence-electron chi connectivity index (χ2n) is 8.88. The van der Waals surface area contributed by atoms with Crippen molar-refractivity contribution < 1.29 is 9.90 Å². The first-order valence-electron chi connectivity index (χ1n) is 10.3. The van der Waals surface area contributed by atoms with Gasteiger partial charge in [0.1, 0.15) is 0 Å². The van der Waals surface area contributed by atoms with Crippen LogP contribution in [0.2, 0.25) is 0 Å². The highest BCUT2D eigenvalue weighted by atomic mass is 16.3. The minimum Gasteiger partial charge on any atom is -0.388 e. The van der Waals surface area contributed by atoms with Crippen LogP contribution in [0.4, 0.5) is 0 Å². The van der Waals surface area contributed by atoms with Crippen LogP contribution in [0.5, 0.6) is 0 Å². The van der Waals surface area contributed by atoms with Gasteiger partial charge in [-0.05, 0) is 62.0 Å². The van der Waals surface area contributed by atoms with Gasteiger partial charge in [-0.2, -0.15) is 0 Å². The topological polar surface area (TPSA) is 56.3 Å². The maximum absolute atomic E-state index is 11.7. The summed E-state index contributed by atoms with van der Waals surface area (Å²) < 4.78 is 0. The molecule has 4 atom stereocenters. The van der Waals surface area contributed by atoms with Crippen LogP contribution < -0.4 is 0 Å². The Labute approximate surface area is 160 Å². The number of allylic oxidation sites excluding steroid dienone is 1. The molecule has 3 aliphatic rings. The lowest BCUT2D eigenvalue weighted by Gasteiger charge is -2.50. The van der Waals surface area contributed by atoms with E-state index in [4.69, 9.17) is 0 Å². The third-order valence-electron chi connectivity index (χ3n) is 7.04. The van der Waals surface area contributed by atoms with Crippen molar-refractivity contribution >= 4 is 16.7 Å². The number of benzene rings is 1. The number of rotatable bonds is 3. The van der Waals surface area contributed by atoms with Gasteiger partial charge in [0.25, 0.3) is 0 Å². The molecule has 2 N–H and O–H groups in total. The fourth-order valence-electron chi connectivity index (χ4n) is 5.75. The van der Waals surface area contributed by atoms with Crippen molar-refractivity contribution in [3.63, 3.8) is 0 Å². The third kappa shape index (κ3) is 2.69. The number of aromatic amines is 1. The first kappa shape index (κ1) is 17.2. The van der Waals surface area contributed by atoms with Gasteiger partial charge in [-0.3, -0.25) is 9.69 Å². The number of ketones is 1. The van der Waals surface area contributed by atoms with Gasteiger partial charge in [0, 0.05) is 54.0 Å². The largest absolute Gasteiger partial charge is 0.388 e. The standard InChI is InChI=1S/C23H28N2O2/c1-13(2)25-12-16(23(27)14-6-7-17(26)8-14)9-19-18-4-3-5-20-22(18)15(11-24-20)10-21(19)25/h3-5,8,11,13,16,19,21,23-24,27H,6-7,9-10,12H2,1-2H3/t16?,19-,21-,23?/m1/s1. The first-order chi connectivity index (χ1) is 13.0. The lowest BCUT2D eigenvalue weighted by Crippen LogP contribution is -2.54. The monoisotopic (exact) mass is 364 g/mol. The van der Waals surface area contributed by atoms with Gasteiger partial charge in [-0.1, -0.05) is 12.1 Å². The van der Waals surface area contributed by atoms with Gasteiger partial charge < -0.3 is 10.1 Å². The zero-order valence-electron chi connectivity index (χ0n) is 16.1. The minimum atomic E-state index is -0.495. The smallest absolute Gasteiger partial charge is 0.156 e. The van der Waals surface area contributed by atoms with Crippen molar-refractivity contribution in [1.29, 1.82) is 0 Å². The number of carbonyl (C=O) groups is 1. The Balaban J connectivity index is 1.53. The van der Waals surface area contributed by atoms with Gasteiger partial charge in [0.15, 0.2) is 5.78 Å². The van der Waals surface area contributed by atoms with Gasteiger partial charge in [-0.15, -0.1) is 0 Å². The quantitative estimate of drug-likeness (QED) is 0.876. The molecular weight excluding hydrogens is 336 g/mol. The van der Waals surface area contributed by atoms with E-state index in [2.05, 4.69) is 48.1 Å². The van der Waals surface area contributed by atoms with Gasteiger partial charge in [0.2, 0.25) is 0 Å². The van der Waals surface area contributed by atoms with Crippen LogP contribution in [0, 0.1) is 5.92 Å². The molecule has 1 aliphatic heterocycles. The van der Waals surface area contributed by atoms with Crippen LogP contribution in [0.25, 0.3) is 10.9 Å². The van der Waals surface area contributed by atoms with Crippen molar-refractivity contribution in [1.82, 2.24) is 9.88 Å². The summed E-state index contributed by atoms with van der Waals surface area (Å²) in [5, 5.41) is 12.5. The molecule has 142 valence electrons. The Hall–Kier alpha value is -1.91. The first-order valence-corrected chi connectivity index (χ1v) is 10.3. The molecule has 2 unspecified atom stereocenters. The van der Waals surface area contributed by atoms with E-state index >= 15 is 0 Å². The van der Waals surface area contributed by atoms with E-state index in [0.29, 0.717) is 24.4 Å². The van der Waals surface area contributed by atoms with Crippen LogP contribution >= 0.6 is 0 Å². The maximum Gasteiger partial charge on any atom is 0.156 e. The molecule has 0 bridgehead atoms.